The summed E-state index contributed by atoms with van der Waals surface area (Å²) in [7, 11) is 0. The van der Waals surface area contributed by atoms with Crippen molar-refractivity contribution in [3.8, 4) is 0 Å². The molecule has 3 nitrogen and oxygen atoms in total. The molecule has 0 spiro atoms. The second-order valence-electron chi connectivity index (χ2n) is 7.40. The van der Waals surface area contributed by atoms with Crippen molar-refractivity contribution in [1.29, 1.82) is 0 Å². The fourth-order valence-corrected chi connectivity index (χ4v) is 4.79. The third-order valence-corrected chi connectivity index (χ3v) is 6.38. The van der Waals surface area contributed by atoms with Crippen molar-refractivity contribution in [1.82, 2.24) is 0 Å². The molecule has 8 heteroatoms. The monoisotopic (exact) mass is 479 g/mol. The lowest BCUT2D eigenvalue weighted by Gasteiger charge is -2.23. The summed E-state index contributed by atoms with van der Waals surface area (Å²) in [6.45, 7) is 0. The summed E-state index contributed by atoms with van der Waals surface area (Å²) in [4.78, 5) is 27.7. The number of nitrogens with zero attached hydrogens (tertiary/aromatic N) is 1. The summed E-state index contributed by atoms with van der Waals surface area (Å²) in [6, 6.07) is 22.4. The van der Waals surface area contributed by atoms with Gasteiger partial charge in [0.15, 0.2) is 23.3 Å². The Kier molecular flexibility index (Phi) is 5.37. The van der Waals surface area contributed by atoms with Crippen molar-refractivity contribution >= 4 is 45.4 Å². The summed E-state index contributed by atoms with van der Waals surface area (Å²) >= 11 is 1.22. The standard InChI is InChI=1S/C26H13F4NO2S/c27-21-19-20(22(28)24(30)23(21)29)26(33)17(25(19)32)13-16-11-12-18(34-16)31(14-7-3-1-4-8-14)15-9-5-2-6-10-15/h1-13H. The highest BCUT2D eigenvalue weighted by Gasteiger charge is 2.42. The minimum absolute atomic E-state index is 0.443. The van der Waals surface area contributed by atoms with E-state index in [0.717, 1.165) is 16.4 Å². The number of fused-ring (bicyclic) bond motifs is 1. The Balaban J connectivity index is 1.57. The molecule has 1 aliphatic carbocycles. The van der Waals surface area contributed by atoms with Gasteiger partial charge in [0.1, 0.15) is 5.00 Å². The molecular weight excluding hydrogens is 466 g/mol. The zero-order chi connectivity index (χ0) is 24.0. The number of benzene rings is 3. The molecule has 0 saturated heterocycles. The number of para-hydroxylation sites is 2. The minimum Gasteiger partial charge on any atom is -0.302 e. The Morgan fingerprint density at radius 1 is 0.618 bits per heavy atom. The Hall–Kier alpha value is -4.04. The van der Waals surface area contributed by atoms with Crippen LogP contribution < -0.4 is 4.90 Å². The molecule has 168 valence electrons. The number of Topliss-reactive ketones (excluding diaryl/α,β-unsaturated/α-hetero) is 2. The average Bonchev–Trinajstić information content (AvgIpc) is 3.41. The molecule has 34 heavy (non-hydrogen) atoms. The predicted octanol–water partition coefficient (Wildman–Crippen LogP) is 7.24. The molecule has 3 aromatic carbocycles. The van der Waals surface area contributed by atoms with E-state index >= 15 is 0 Å². The quantitative estimate of drug-likeness (QED) is 0.102. The highest BCUT2D eigenvalue weighted by atomic mass is 32.1. The number of allylic oxidation sites excluding steroid dienone is 1. The molecular formula is C26H13F4NO2S. The molecule has 0 N–H and O–H groups in total. The number of thiophene rings is 1. The molecule has 0 atom stereocenters. The highest BCUT2D eigenvalue weighted by Crippen LogP contribution is 2.40. The zero-order valence-electron chi connectivity index (χ0n) is 17.2. The first-order valence-electron chi connectivity index (χ1n) is 10.1. The lowest BCUT2D eigenvalue weighted by atomic mass is 10.1. The van der Waals surface area contributed by atoms with Gasteiger partial charge in [0, 0.05) is 16.3 Å². The van der Waals surface area contributed by atoms with E-state index in [-0.39, 0.29) is 0 Å². The molecule has 1 aliphatic rings. The van der Waals surface area contributed by atoms with E-state index in [0.29, 0.717) is 4.88 Å². The van der Waals surface area contributed by atoms with E-state index in [1.165, 1.54) is 17.4 Å². The van der Waals surface area contributed by atoms with E-state index in [4.69, 9.17) is 0 Å². The second-order valence-corrected chi connectivity index (χ2v) is 8.50. The van der Waals surface area contributed by atoms with Crippen molar-refractivity contribution < 1.29 is 27.2 Å². The van der Waals surface area contributed by atoms with Gasteiger partial charge in [-0.15, -0.1) is 11.3 Å². The first-order chi connectivity index (χ1) is 16.4. The van der Waals surface area contributed by atoms with Crippen LogP contribution in [0.1, 0.15) is 25.6 Å². The highest BCUT2D eigenvalue weighted by molar-refractivity contribution is 7.17. The maximum absolute atomic E-state index is 14.2. The Morgan fingerprint density at radius 2 is 1.09 bits per heavy atom. The Morgan fingerprint density at radius 3 is 1.56 bits per heavy atom. The maximum Gasteiger partial charge on any atom is 0.200 e. The summed E-state index contributed by atoms with van der Waals surface area (Å²) in [5, 5.41) is 0.745. The smallest absolute Gasteiger partial charge is 0.200 e. The maximum atomic E-state index is 14.2. The normalized spacial score (nSPS) is 12.8. The molecule has 0 aliphatic heterocycles. The van der Waals surface area contributed by atoms with Crippen molar-refractivity contribution in [3.05, 3.63) is 118 Å². The molecule has 0 saturated carbocycles. The number of halogens is 4. The molecule has 0 amide bonds. The van der Waals surface area contributed by atoms with Gasteiger partial charge in [-0.1, -0.05) is 36.4 Å². The topological polar surface area (TPSA) is 37.4 Å². The number of hydrogen-bond acceptors (Lipinski definition) is 4. The fraction of sp³-hybridized carbons (Fsp3) is 0. The van der Waals surface area contributed by atoms with E-state index in [1.807, 2.05) is 65.6 Å². The van der Waals surface area contributed by atoms with Crippen LogP contribution >= 0.6 is 11.3 Å². The van der Waals surface area contributed by atoms with Crippen LogP contribution in [-0.2, 0) is 0 Å². The molecule has 0 radical (unpaired) electrons. The second kappa shape index (κ2) is 8.39. The molecule has 1 aromatic heterocycles. The lowest BCUT2D eigenvalue weighted by Crippen LogP contribution is -2.07. The zero-order valence-corrected chi connectivity index (χ0v) is 18.0. The molecule has 0 unspecified atom stereocenters. The number of carbonyl (C=O) groups excluding carboxylic acids is 2. The van der Waals surface area contributed by atoms with Gasteiger partial charge in [-0.3, -0.25) is 9.59 Å². The Bertz CT molecular complexity index is 1390. The minimum atomic E-state index is -2.13. The SMILES string of the molecule is O=C1C(=Cc2ccc(N(c3ccccc3)c3ccccc3)s2)C(=O)c2c(F)c(F)c(F)c(F)c21. The summed E-state index contributed by atoms with van der Waals surface area (Å²) < 4.78 is 55.6. The largest absolute Gasteiger partial charge is 0.302 e. The van der Waals surface area contributed by atoms with Crippen LogP contribution in [0.4, 0.5) is 33.9 Å². The van der Waals surface area contributed by atoms with Crippen LogP contribution in [0.25, 0.3) is 6.08 Å². The van der Waals surface area contributed by atoms with Crippen molar-refractivity contribution in [3.63, 3.8) is 0 Å². The van der Waals surface area contributed by atoms with E-state index in [9.17, 15) is 27.2 Å². The van der Waals surface area contributed by atoms with Crippen molar-refractivity contribution in [2.75, 3.05) is 4.90 Å². The lowest BCUT2D eigenvalue weighted by molar-refractivity contribution is 0.0988. The summed E-state index contributed by atoms with van der Waals surface area (Å²) in [5.74, 6) is -10.4. The number of anilines is 3. The van der Waals surface area contributed by atoms with E-state index in [2.05, 4.69) is 0 Å². The first kappa shape index (κ1) is 21.8. The predicted molar refractivity (Wildman–Crippen MR) is 122 cm³/mol. The third-order valence-electron chi connectivity index (χ3n) is 5.36. The first-order valence-corrected chi connectivity index (χ1v) is 10.9. The Labute approximate surface area is 195 Å². The van der Waals surface area contributed by atoms with Crippen LogP contribution in [0.2, 0.25) is 0 Å². The van der Waals surface area contributed by atoms with Crippen LogP contribution in [0.5, 0.6) is 0 Å². The number of rotatable bonds is 4. The van der Waals surface area contributed by atoms with Crippen molar-refractivity contribution in [2.45, 2.75) is 0 Å². The van der Waals surface area contributed by atoms with Crippen LogP contribution in [0, 0.1) is 23.3 Å². The molecule has 1 heterocycles. The van der Waals surface area contributed by atoms with Crippen molar-refractivity contribution in [2.24, 2.45) is 0 Å². The average molecular weight is 479 g/mol. The van der Waals surface area contributed by atoms with Crippen LogP contribution in [0.3, 0.4) is 0 Å². The van der Waals surface area contributed by atoms with Gasteiger partial charge >= 0.3 is 0 Å². The van der Waals surface area contributed by atoms with Gasteiger partial charge in [-0.2, -0.15) is 0 Å². The van der Waals surface area contributed by atoms with Crippen LogP contribution in [0.15, 0.2) is 78.4 Å². The van der Waals surface area contributed by atoms with Crippen LogP contribution in [-0.4, -0.2) is 11.6 Å². The van der Waals surface area contributed by atoms with Gasteiger partial charge in [-0.05, 0) is 42.5 Å². The fourth-order valence-electron chi connectivity index (χ4n) is 3.80. The summed E-state index contributed by atoms with van der Waals surface area (Å²) in [6.07, 6.45) is 1.18. The number of carbonyl (C=O) groups is 2. The summed E-state index contributed by atoms with van der Waals surface area (Å²) in [5.41, 5.74) is -0.994. The van der Waals surface area contributed by atoms with Gasteiger partial charge in [0.2, 0.25) is 11.6 Å². The molecule has 0 fully saturated rings. The molecule has 5 rings (SSSR count). The van der Waals surface area contributed by atoms with Gasteiger partial charge in [0.05, 0.1) is 16.7 Å². The molecule has 0 bridgehead atoms. The van der Waals surface area contributed by atoms with Gasteiger partial charge < -0.3 is 4.90 Å². The molecule has 4 aromatic rings. The van der Waals surface area contributed by atoms with E-state index < -0.39 is 51.5 Å². The number of hydrogen-bond donors (Lipinski definition) is 0. The van der Waals surface area contributed by atoms with E-state index in [1.54, 1.807) is 12.1 Å². The van der Waals surface area contributed by atoms with Gasteiger partial charge in [-0.25, -0.2) is 17.6 Å². The third kappa shape index (κ3) is 3.43. The number of ketones is 2. The van der Waals surface area contributed by atoms with Gasteiger partial charge in [0.25, 0.3) is 0 Å².